The molecule has 0 aromatic heterocycles. The van der Waals surface area contributed by atoms with Gasteiger partial charge in [0, 0.05) is 18.6 Å². The van der Waals surface area contributed by atoms with Gasteiger partial charge in [-0.15, -0.1) is 6.58 Å². The first-order valence-electron chi connectivity index (χ1n) is 4.00. The molecule has 2 heteroatoms. The second kappa shape index (κ2) is 5.33. The Bertz CT molecular complexity index is 112. The molecule has 66 valence electrons. The van der Waals surface area contributed by atoms with Crippen LogP contribution in [0.1, 0.15) is 20.3 Å². The molecule has 0 rings (SSSR count). The Labute approximate surface area is 68.9 Å². The molecule has 0 aliphatic heterocycles. The molecular formula is C9H18O2. The van der Waals surface area contributed by atoms with Crippen molar-refractivity contribution in [1.82, 2.24) is 0 Å². The average molecular weight is 158 g/mol. The Hall–Kier alpha value is -0.340. The Morgan fingerprint density at radius 2 is 2.27 bits per heavy atom. The lowest BCUT2D eigenvalue weighted by molar-refractivity contribution is 0.0956. The molecule has 0 aromatic carbocycles. The molecule has 0 radical (unpaired) electrons. The monoisotopic (exact) mass is 158 g/mol. The summed E-state index contributed by atoms with van der Waals surface area (Å²) in [6.07, 6.45) is 2.62. The lowest BCUT2D eigenvalue weighted by Crippen LogP contribution is -2.20. The van der Waals surface area contributed by atoms with Crippen molar-refractivity contribution in [2.45, 2.75) is 20.3 Å². The summed E-state index contributed by atoms with van der Waals surface area (Å²) in [7, 11) is 0. The van der Waals surface area contributed by atoms with Crippen LogP contribution in [0.4, 0.5) is 0 Å². The number of ether oxygens (including phenoxy) is 1. The van der Waals surface area contributed by atoms with E-state index in [1.54, 1.807) is 6.08 Å². The summed E-state index contributed by atoms with van der Waals surface area (Å²) in [5.74, 6) is 0. The Morgan fingerprint density at radius 1 is 1.64 bits per heavy atom. The van der Waals surface area contributed by atoms with Crippen LogP contribution in [0.5, 0.6) is 0 Å². The smallest absolute Gasteiger partial charge is 0.0520 e. The van der Waals surface area contributed by atoms with Gasteiger partial charge in [-0.3, -0.25) is 0 Å². The summed E-state index contributed by atoms with van der Waals surface area (Å²) in [5.41, 5.74) is -0.171. The fraction of sp³-hybridized carbons (Fsp3) is 0.778. The lowest BCUT2D eigenvalue weighted by atomic mass is 9.88. The molecule has 0 bridgehead atoms. The predicted octanol–water partition coefficient (Wildman–Crippen LogP) is 1.60. The van der Waals surface area contributed by atoms with Crippen LogP contribution in [-0.4, -0.2) is 24.9 Å². The van der Waals surface area contributed by atoms with Crippen molar-refractivity contribution >= 4 is 0 Å². The van der Waals surface area contributed by atoms with E-state index in [1.807, 2.05) is 13.8 Å². The van der Waals surface area contributed by atoms with Gasteiger partial charge in [0.2, 0.25) is 0 Å². The molecule has 2 nitrogen and oxygen atoms in total. The third kappa shape index (κ3) is 4.17. The van der Waals surface area contributed by atoms with E-state index in [1.165, 1.54) is 0 Å². The van der Waals surface area contributed by atoms with Crippen molar-refractivity contribution in [2.75, 3.05) is 19.8 Å². The molecule has 0 aliphatic carbocycles. The first kappa shape index (κ1) is 10.7. The number of aliphatic hydroxyl groups is 1. The van der Waals surface area contributed by atoms with Gasteiger partial charge in [-0.1, -0.05) is 13.0 Å². The zero-order chi connectivity index (χ0) is 8.74. The topological polar surface area (TPSA) is 29.5 Å². The number of hydrogen-bond donors (Lipinski definition) is 1. The van der Waals surface area contributed by atoms with E-state index in [2.05, 4.69) is 6.58 Å². The van der Waals surface area contributed by atoms with Gasteiger partial charge >= 0.3 is 0 Å². The first-order chi connectivity index (χ1) is 5.18. The van der Waals surface area contributed by atoms with Crippen molar-refractivity contribution < 1.29 is 9.84 Å². The normalized spacial score (nSPS) is 15.9. The third-order valence-corrected chi connectivity index (χ3v) is 1.88. The van der Waals surface area contributed by atoms with Crippen molar-refractivity contribution in [1.29, 1.82) is 0 Å². The highest BCUT2D eigenvalue weighted by molar-refractivity contribution is 4.90. The largest absolute Gasteiger partial charge is 0.395 e. The van der Waals surface area contributed by atoms with E-state index < -0.39 is 0 Å². The molecule has 0 saturated carbocycles. The fourth-order valence-corrected chi connectivity index (χ4v) is 0.695. The molecule has 0 aromatic rings. The zero-order valence-electron chi connectivity index (χ0n) is 7.47. The quantitative estimate of drug-likeness (QED) is 0.470. The van der Waals surface area contributed by atoms with Gasteiger partial charge in [0.25, 0.3) is 0 Å². The number of aliphatic hydroxyl groups excluding tert-OH is 1. The van der Waals surface area contributed by atoms with Crippen LogP contribution in [0, 0.1) is 5.41 Å². The molecule has 1 N–H and O–H groups in total. The lowest BCUT2D eigenvalue weighted by Gasteiger charge is -2.22. The van der Waals surface area contributed by atoms with Crippen LogP contribution in [0.2, 0.25) is 0 Å². The van der Waals surface area contributed by atoms with Crippen LogP contribution < -0.4 is 0 Å². The van der Waals surface area contributed by atoms with Crippen molar-refractivity contribution in [3.63, 3.8) is 0 Å². The highest BCUT2D eigenvalue weighted by Crippen LogP contribution is 2.21. The predicted molar refractivity (Wildman–Crippen MR) is 46.5 cm³/mol. The summed E-state index contributed by atoms with van der Waals surface area (Å²) < 4.78 is 5.17. The molecule has 1 atom stereocenters. The molecular weight excluding hydrogens is 140 g/mol. The molecule has 0 aliphatic rings. The van der Waals surface area contributed by atoms with E-state index in [-0.39, 0.29) is 12.0 Å². The molecule has 0 heterocycles. The molecule has 11 heavy (non-hydrogen) atoms. The van der Waals surface area contributed by atoms with Gasteiger partial charge in [0.1, 0.15) is 0 Å². The second-order valence-corrected chi connectivity index (χ2v) is 2.96. The van der Waals surface area contributed by atoms with Gasteiger partial charge < -0.3 is 9.84 Å². The molecule has 0 amide bonds. The van der Waals surface area contributed by atoms with E-state index in [0.29, 0.717) is 6.61 Å². The van der Waals surface area contributed by atoms with Crippen molar-refractivity contribution in [3.8, 4) is 0 Å². The second-order valence-electron chi connectivity index (χ2n) is 2.96. The molecule has 1 unspecified atom stereocenters. The maximum absolute atomic E-state index is 8.96. The zero-order valence-corrected chi connectivity index (χ0v) is 7.47. The highest BCUT2D eigenvalue weighted by atomic mass is 16.5. The summed E-state index contributed by atoms with van der Waals surface area (Å²) >= 11 is 0. The van der Waals surface area contributed by atoms with Crippen LogP contribution >= 0.6 is 0 Å². The SMILES string of the molecule is C=CC(C)(CO)CCOCC. The third-order valence-electron chi connectivity index (χ3n) is 1.88. The Kier molecular flexibility index (Phi) is 5.16. The maximum Gasteiger partial charge on any atom is 0.0520 e. The maximum atomic E-state index is 8.96. The van der Waals surface area contributed by atoms with Crippen LogP contribution in [0.3, 0.4) is 0 Å². The molecule has 0 spiro atoms. The van der Waals surface area contributed by atoms with Gasteiger partial charge in [-0.05, 0) is 13.3 Å². The summed E-state index contributed by atoms with van der Waals surface area (Å²) in [4.78, 5) is 0. The van der Waals surface area contributed by atoms with E-state index in [4.69, 9.17) is 9.84 Å². The van der Waals surface area contributed by atoms with Crippen molar-refractivity contribution in [3.05, 3.63) is 12.7 Å². The summed E-state index contributed by atoms with van der Waals surface area (Å²) in [5, 5.41) is 8.96. The van der Waals surface area contributed by atoms with Gasteiger partial charge in [-0.25, -0.2) is 0 Å². The average Bonchev–Trinajstić information content (AvgIpc) is 2.05. The van der Waals surface area contributed by atoms with Crippen molar-refractivity contribution in [2.24, 2.45) is 5.41 Å². The van der Waals surface area contributed by atoms with E-state index in [0.717, 1.165) is 13.0 Å². The minimum absolute atomic E-state index is 0.142. The number of hydrogen-bond acceptors (Lipinski definition) is 2. The molecule has 0 fully saturated rings. The fourth-order valence-electron chi connectivity index (χ4n) is 0.695. The van der Waals surface area contributed by atoms with E-state index in [9.17, 15) is 0 Å². The van der Waals surface area contributed by atoms with Gasteiger partial charge in [0.15, 0.2) is 0 Å². The van der Waals surface area contributed by atoms with Crippen LogP contribution in [0.15, 0.2) is 12.7 Å². The van der Waals surface area contributed by atoms with Crippen LogP contribution in [0.25, 0.3) is 0 Å². The molecule has 0 saturated heterocycles. The van der Waals surface area contributed by atoms with Gasteiger partial charge in [-0.2, -0.15) is 0 Å². The summed E-state index contributed by atoms with van der Waals surface area (Å²) in [6, 6.07) is 0. The van der Waals surface area contributed by atoms with E-state index >= 15 is 0 Å². The Balaban J connectivity index is 3.60. The Morgan fingerprint density at radius 3 is 2.64 bits per heavy atom. The minimum atomic E-state index is -0.171. The van der Waals surface area contributed by atoms with Gasteiger partial charge in [0.05, 0.1) is 6.61 Å². The summed E-state index contributed by atoms with van der Waals surface area (Å²) in [6.45, 7) is 9.17. The van der Waals surface area contributed by atoms with Crippen LogP contribution in [-0.2, 0) is 4.74 Å². The minimum Gasteiger partial charge on any atom is -0.395 e. The standard InChI is InChI=1S/C9H18O2/c1-4-9(3,8-10)6-7-11-5-2/h4,10H,1,5-8H2,2-3H3. The highest BCUT2D eigenvalue weighted by Gasteiger charge is 2.17. The first-order valence-corrected chi connectivity index (χ1v) is 4.00. The number of rotatable bonds is 6.